The van der Waals surface area contributed by atoms with Gasteiger partial charge in [-0.05, 0) is 36.2 Å². The summed E-state index contributed by atoms with van der Waals surface area (Å²) in [5, 5.41) is 8.83. The molecule has 0 atom stereocenters. The summed E-state index contributed by atoms with van der Waals surface area (Å²) in [4.78, 5) is 11.2. The lowest BCUT2D eigenvalue weighted by molar-refractivity contribution is 0.0561. The van der Waals surface area contributed by atoms with Crippen LogP contribution in [0.5, 0.6) is 5.75 Å². The van der Waals surface area contributed by atoms with Crippen LogP contribution in [-0.2, 0) is 17.8 Å². The highest BCUT2D eigenvalue weighted by Gasteiger charge is 2.11. The van der Waals surface area contributed by atoms with Gasteiger partial charge >= 0.3 is 5.97 Å². The van der Waals surface area contributed by atoms with Crippen molar-refractivity contribution in [3.05, 3.63) is 53.5 Å². The number of ether oxygens (including phenoxy) is 2. The van der Waals surface area contributed by atoms with Gasteiger partial charge < -0.3 is 19.0 Å². The maximum Gasteiger partial charge on any atom is 0.373 e. The highest BCUT2D eigenvalue weighted by Crippen LogP contribution is 2.16. The lowest BCUT2D eigenvalue weighted by Crippen LogP contribution is -1.99. The van der Waals surface area contributed by atoms with Crippen LogP contribution in [0.25, 0.3) is 0 Å². The molecule has 1 aromatic carbocycles. The molecule has 0 unspecified atom stereocenters. The fraction of sp³-hybridized carbons (Fsp3) is 0.267. The number of aliphatic hydroxyl groups is 1. The Kier molecular flexibility index (Phi) is 4.79. The summed E-state index contributed by atoms with van der Waals surface area (Å²) in [5.41, 5.74) is 1.05. The summed E-state index contributed by atoms with van der Waals surface area (Å²) >= 11 is 0. The van der Waals surface area contributed by atoms with Gasteiger partial charge in [-0.25, -0.2) is 4.79 Å². The molecular formula is C15H16O5. The van der Waals surface area contributed by atoms with Crippen LogP contribution in [0, 0.1) is 0 Å². The monoisotopic (exact) mass is 276 g/mol. The van der Waals surface area contributed by atoms with Crippen molar-refractivity contribution in [3.63, 3.8) is 0 Å². The zero-order valence-electron chi connectivity index (χ0n) is 11.2. The zero-order chi connectivity index (χ0) is 14.4. The maximum absolute atomic E-state index is 11.2. The van der Waals surface area contributed by atoms with Gasteiger partial charge in [-0.2, -0.15) is 0 Å². The van der Waals surface area contributed by atoms with E-state index in [0.29, 0.717) is 17.9 Å². The topological polar surface area (TPSA) is 68.9 Å². The third-order valence-corrected chi connectivity index (χ3v) is 2.75. The Labute approximate surface area is 116 Å². The van der Waals surface area contributed by atoms with Crippen molar-refractivity contribution in [1.82, 2.24) is 0 Å². The molecule has 0 aliphatic carbocycles. The number of rotatable bonds is 6. The number of carbonyl (C=O) groups is 1. The molecule has 0 aliphatic heterocycles. The molecular weight excluding hydrogens is 260 g/mol. The average molecular weight is 276 g/mol. The van der Waals surface area contributed by atoms with E-state index in [-0.39, 0.29) is 19.0 Å². The van der Waals surface area contributed by atoms with Crippen LogP contribution in [0.1, 0.15) is 21.9 Å². The molecule has 1 heterocycles. The lowest BCUT2D eigenvalue weighted by atomic mass is 10.1. The first-order chi connectivity index (χ1) is 9.72. The molecule has 106 valence electrons. The number of hydrogen-bond donors (Lipinski definition) is 1. The number of furan rings is 1. The highest BCUT2D eigenvalue weighted by molar-refractivity contribution is 5.86. The van der Waals surface area contributed by atoms with Crippen LogP contribution < -0.4 is 4.74 Å². The molecule has 0 spiro atoms. The summed E-state index contributed by atoms with van der Waals surface area (Å²) in [6.07, 6.45) is 0.626. The Morgan fingerprint density at radius 1 is 1.20 bits per heavy atom. The largest absolute Gasteiger partial charge is 0.486 e. The van der Waals surface area contributed by atoms with Crippen molar-refractivity contribution in [3.8, 4) is 5.75 Å². The molecule has 1 N–H and O–H groups in total. The zero-order valence-corrected chi connectivity index (χ0v) is 11.2. The molecule has 0 aliphatic rings. The summed E-state index contributed by atoms with van der Waals surface area (Å²) < 4.78 is 15.4. The molecule has 0 saturated carbocycles. The van der Waals surface area contributed by atoms with Crippen LogP contribution in [0.15, 0.2) is 40.8 Å². The molecule has 2 aromatic rings. The first-order valence-corrected chi connectivity index (χ1v) is 6.22. The van der Waals surface area contributed by atoms with E-state index >= 15 is 0 Å². The quantitative estimate of drug-likeness (QED) is 0.819. The molecule has 0 saturated heterocycles. The highest BCUT2D eigenvalue weighted by atomic mass is 16.5. The molecule has 0 radical (unpaired) electrons. The van der Waals surface area contributed by atoms with Gasteiger partial charge in [0.05, 0.1) is 7.11 Å². The first-order valence-electron chi connectivity index (χ1n) is 6.22. The van der Waals surface area contributed by atoms with Gasteiger partial charge in [0.15, 0.2) is 0 Å². The molecule has 5 heteroatoms. The number of benzene rings is 1. The summed E-state index contributed by atoms with van der Waals surface area (Å²) in [6.45, 7) is 0.360. The fourth-order valence-electron chi connectivity index (χ4n) is 1.70. The third kappa shape index (κ3) is 3.61. The summed E-state index contributed by atoms with van der Waals surface area (Å²) in [5.74, 6) is 0.890. The van der Waals surface area contributed by atoms with E-state index in [1.54, 1.807) is 12.1 Å². The molecule has 0 fully saturated rings. The maximum atomic E-state index is 11.2. The van der Waals surface area contributed by atoms with Crippen LogP contribution in [0.3, 0.4) is 0 Å². The second-order valence-electron chi connectivity index (χ2n) is 4.16. The molecule has 2 rings (SSSR count). The number of carbonyl (C=O) groups excluding carboxylic acids is 1. The molecule has 0 amide bonds. The van der Waals surface area contributed by atoms with Gasteiger partial charge in [-0.15, -0.1) is 0 Å². The van der Waals surface area contributed by atoms with Crippen molar-refractivity contribution in [1.29, 1.82) is 0 Å². The minimum absolute atomic E-state index is 0.128. The van der Waals surface area contributed by atoms with Gasteiger partial charge in [0.1, 0.15) is 18.1 Å². The van der Waals surface area contributed by atoms with E-state index in [1.807, 2.05) is 24.3 Å². The van der Waals surface area contributed by atoms with Gasteiger partial charge in [-0.3, -0.25) is 0 Å². The second-order valence-corrected chi connectivity index (χ2v) is 4.16. The van der Waals surface area contributed by atoms with Crippen molar-refractivity contribution in [2.24, 2.45) is 0 Å². The van der Waals surface area contributed by atoms with Gasteiger partial charge in [-0.1, -0.05) is 12.1 Å². The first kappa shape index (κ1) is 14.1. The van der Waals surface area contributed by atoms with E-state index in [1.165, 1.54) is 7.11 Å². The molecule has 0 bridgehead atoms. The van der Waals surface area contributed by atoms with Gasteiger partial charge in [0, 0.05) is 6.61 Å². The van der Waals surface area contributed by atoms with E-state index < -0.39 is 5.97 Å². The van der Waals surface area contributed by atoms with Crippen molar-refractivity contribution >= 4 is 5.97 Å². The number of hydrogen-bond acceptors (Lipinski definition) is 5. The van der Waals surface area contributed by atoms with Gasteiger partial charge in [0.25, 0.3) is 0 Å². The molecule has 5 nitrogen and oxygen atoms in total. The smallest absolute Gasteiger partial charge is 0.373 e. The Hall–Kier alpha value is -2.27. The molecule has 1 aromatic heterocycles. The van der Waals surface area contributed by atoms with Crippen LogP contribution >= 0.6 is 0 Å². The minimum atomic E-state index is -0.510. The van der Waals surface area contributed by atoms with E-state index in [0.717, 1.165) is 5.56 Å². The Bertz CT molecular complexity index is 556. The lowest BCUT2D eigenvalue weighted by Gasteiger charge is -2.05. The summed E-state index contributed by atoms with van der Waals surface area (Å²) in [6, 6.07) is 10.7. The number of aliphatic hydroxyl groups excluding tert-OH is 1. The Balaban J connectivity index is 1.91. The normalized spacial score (nSPS) is 10.3. The predicted molar refractivity (Wildman–Crippen MR) is 71.6 cm³/mol. The Morgan fingerprint density at radius 3 is 2.60 bits per heavy atom. The van der Waals surface area contributed by atoms with Crippen LogP contribution in [0.2, 0.25) is 0 Å². The van der Waals surface area contributed by atoms with Crippen LogP contribution in [-0.4, -0.2) is 24.8 Å². The van der Waals surface area contributed by atoms with Crippen molar-refractivity contribution < 1.29 is 23.8 Å². The number of methoxy groups -OCH3 is 1. The van der Waals surface area contributed by atoms with Crippen molar-refractivity contribution in [2.75, 3.05) is 13.7 Å². The van der Waals surface area contributed by atoms with Crippen molar-refractivity contribution in [2.45, 2.75) is 13.0 Å². The SMILES string of the molecule is COC(=O)c1ccc(COc2ccc(CCO)cc2)o1. The third-order valence-electron chi connectivity index (χ3n) is 2.75. The summed E-state index contributed by atoms with van der Waals surface area (Å²) in [7, 11) is 1.30. The Morgan fingerprint density at radius 2 is 1.95 bits per heavy atom. The van der Waals surface area contributed by atoms with E-state index in [2.05, 4.69) is 4.74 Å². The number of esters is 1. The van der Waals surface area contributed by atoms with E-state index in [4.69, 9.17) is 14.3 Å². The standard InChI is InChI=1S/C15H16O5/c1-18-15(17)14-7-6-13(20-14)10-19-12-4-2-11(3-5-12)8-9-16/h2-7,16H,8-10H2,1H3. The van der Waals surface area contributed by atoms with Gasteiger partial charge in [0.2, 0.25) is 5.76 Å². The minimum Gasteiger partial charge on any atom is -0.486 e. The predicted octanol–water partition coefficient (Wildman–Crippen LogP) is 2.18. The molecule has 20 heavy (non-hydrogen) atoms. The van der Waals surface area contributed by atoms with E-state index in [9.17, 15) is 4.79 Å². The van der Waals surface area contributed by atoms with Crippen LogP contribution in [0.4, 0.5) is 0 Å². The fourth-order valence-corrected chi connectivity index (χ4v) is 1.70. The second kappa shape index (κ2) is 6.77. The average Bonchev–Trinajstić information content (AvgIpc) is 2.95.